The van der Waals surface area contributed by atoms with Gasteiger partial charge in [-0.3, -0.25) is 9.59 Å². The zero-order chi connectivity index (χ0) is 19.7. The number of ketones is 1. The summed E-state index contributed by atoms with van der Waals surface area (Å²) in [6.45, 7) is 0. The van der Waals surface area contributed by atoms with Crippen molar-refractivity contribution < 1.29 is 34.1 Å². The first-order valence-electron chi connectivity index (χ1n) is 7.98. The Hall–Kier alpha value is -3.61. The average molecular weight is 368 g/mol. The zero-order valence-corrected chi connectivity index (χ0v) is 14.6. The van der Waals surface area contributed by atoms with Crippen LogP contribution in [0.3, 0.4) is 0 Å². The zero-order valence-electron chi connectivity index (χ0n) is 14.6. The highest BCUT2D eigenvalue weighted by molar-refractivity contribution is 6.23. The van der Waals surface area contributed by atoms with Crippen LogP contribution in [0.1, 0.15) is 33.5 Å². The molecule has 2 N–H and O–H groups in total. The second-order valence-corrected chi connectivity index (χ2v) is 5.83. The van der Waals surface area contributed by atoms with Crippen molar-refractivity contribution in [3.63, 3.8) is 0 Å². The summed E-state index contributed by atoms with van der Waals surface area (Å²) in [7, 11) is 2.35. The standard InChI is InChI=1S/C20H16O7/c1-26-15(23)9-12(20(25)27-2)16-10-5-3-7-13(21)17(10)19(24)18-11(16)6-4-8-14(18)22/h3-8,21-22H,9H2,1-2H3. The van der Waals surface area contributed by atoms with Gasteiger partial charge in [0.2, 0.25) is 5.78 Å². The predicted octanol–water partition coefficient (Wildman–Crippen LogP) is 2.18. The van der Waals surface area contributed by atoms with Crippen molar-refractivity contribution in [2.75, 3.05) is 14.2 Å². The number of hydrogen-bond donors (Lipinski definition) is 2. The first-order chi connectivity index (χ1) is 12.9. The number of aromatic hydroxyl groups is 2. The van der Waals surface area contributed by atoms with E-state index in [1.807, 2.05) is 0 Å². The first-order valence-corrected chi connectivity index (χ1v) is 7.98. The molecule has 27 heavy (non-hydrogen) atoms. The Balaban J connectivity index is 2.45. The minimum Gasteiger partial charge on any atom is -0.507 e. The molecule has 7 heteroatoms. The molecular weight excluding hydrogens is 352 g/mol. The summed E-state index contributed by atoms with van der Waals surface area (Å²) in [6, 6.07) is 8.80. The highest BCUT2D eigenvalue weighted by Crippen LogP contribution is 2.44. The lowest BCUT2D eigenvalue weighted by atomic mass is 9.78. The SMILES string of the molecule is COC(=O)CC(C(=O)OC)=C1c2cccc(O)c2C(=O)c2c(O)cccc21. The molecule has 0 saturated heterocycles. The number of methoxy groups -OCH3 is 2. The van der Waals surface area contributed by atoms with E-state index in [-0.39, 0.29) is 44.9 Å². The predicted molar refractivity (Wildman–Crippen MR) is 94.3 cm³/mol. The largest absolute Gasteiger partial charge is 0.507 e. The normalized spacial score (nSPS) is 12.1. The molecule has 0 saturated carbocycles. The molecule has 1 aliphatic rings. The maximum atomic E-state index is 12.9. The van der Waals surface area contributed by atoms with Gasteiger partial charge in [-0.05, 0) is 23.3 Å². The van der Waals surface area contributed by atoms with Crippen LogP contribution in [0.15, 0.2) is 42.0 Å². The van der Waals surface area contributed by atoms with Crippen molar-refractivity contribution in [1.29, 1.82) is 0 Å². The number of ether oxygens (including phenoxy) is 2. The van der Waals surface area contributed by atoms with Crippen LogP contribution in [0.25, 0.3) is 5.57 Å². The van der Waals surface area contributed by atoms with Gasteiger partial charge in [-0.15, -0.1) is 0 Å². The molecule has 2 aromatic carbocycles. The summed E-state index contributed by atoms with van der Waals surface area (Å²) in [5.41, 5.74) is 0.588. The van der Waals surface area contributed by atoms with Crippen LogP contribution in [-0.4, -0.2) is 42.2 Å². The van der Waals surface area contributed by atoms with Gasteiger partial charge in [0.25, 0.3) is 0 Å². The molecule has 0 spiro atoms. The molecule has 138 valence electrons. The average Bonchev–Trinajstić information content (AvgIpc) is 2.66. The Labute approximate surface area is 154 Å². The molecule has 0 radical (unpaired) electrons. The molecule has 3 rings (SSSR count). The van der Waals surface area contributed by atoms with Gasteiger partial charge in [-0.2, -0.15) is 0 Å². The van der Waals surface area contributed by atoms with E-state index in [2.05, 4.69) is 4.74 Å². The second-order valence-electron chi connectivity index (χ2n) is 5.83. The van der Waals surface area contributed by atoms with E-state index in [1.165, 1.54) is 38.5 Å². The van der Waals surface area contributed by atoms with E-state index in [1.54, 1.807) is 12.1 Å². The van der Waals surface area contributed by atoms with Crippen LogP contribution in [0.5, 0.6) is 11.5 Å². The van der Waals surface area contributed by atoms with Crippen LogP contribution >= 0.6 is 0 Å². The summed E-state index contributed by atoms with van der Waals surface area (Å²) in [5.74, 6) is -2.64. The van der Waals surface area contributed by atoms with Crippen molar-refractivity contribution in [2.45, 2.75) is 6.42 Å². The van der Waals surface area contributed by atoms with Gasteiger partial charge in [-0.1, -0.05) is 24.3 Å². The Bertz CT molecular complexity index is 944. The Morgan fingerprint density at radius 2 is 1.41 bits per heavy atom. The lowest BCUT2D eigenvalue weighted by molar-refractivity contribution is -0.143. The third-order valence-corrected chi connectivity index (χ3v) is 4.36. The summed E-state index contributed by atoms with van der Waals surface area (Å²) in [4.78, 5) is 37.2. The van der Waals surface area contributed by atoms with E-state index < -0.39 is 24.1 Å². The fraction of sp³-hybridized carbons (Fsp3) is 0.150. The number of phenols is 2. The van der Waals surface area contributed by atoms with Crippen LogP contribution in [-0.2, 0) is 19.1 Å². The van der Waals surface area contributed by atoms with Gasteiger partial charge in [0.05, 0.1) is 37.3 Å². The van der Waals surface area contributed by atoms with E-state index in [9.17, 15) is 24.6 Å². The van der Waals surface area contributed by atoms with Crippen molar-refractivity contribution >= 4 is 23.3 Å². The van der Waals surface area contributed by atoms with Gasteiger partial charge in [0, 0.05) is 5.57 Å². The number of hydrogen-bond acceptors (Lipinski definition) is 7. The maximum absolute atomic E-state index is 12.9. The molecule has 7 nitrogen and oxygen atoms in total. The molecule has 0 aliphatic heterocycles. The van der Waals surface area contributed by atoms with E-state index in [0.29, 0.717) is 0 Å². The number of rotatable bonds is 3. The third-order valence-electron chi connectivity index (χ3n) is 4.36. The van der Waals surface area contributed by atoms with E-state index in [0.717, 1.165) is 0 Å². The van der Waals surface area contributed by atoms with Crippen molar-refractivity contribution in [2.24, 2.45) is 0 Å². The number of esters is 2. The molecule has 0 heterocycles. The van der Waals surface area contributed by atoms with Crippen molar-refractivity contribution in [3.05, 3.63) is 64.2 Å². The Morgan fingerprint density at radius 3 is 1.85 bits per heavy atom. The van der Waals surface area contributed by atoms with Gasteiger partial charge in [0.1, 0.15) is 11.5 Å². The monoisotopic (exact) mass is 368 g/mol. The number of benzene rings is 2. The smallest absolute Gasteiger partial charge is 0.334 e. The van der Waals surface area contributed by atoms with Crippen molar-refractivity contribution in [3.8, 4) is 11.5 Å². The number of phenolic OH excluding ortho intramolecular Hbond substituents is 2. The molecule has 0 amide bonds. The molecule has 0 unspecified atom stereocenters. The highest BCUT2D eigenvalue weighted by Gasteiger charge is 2.35. The minimum atomic E-state index is -0.784. The van der Waals surface area contributed by atoms with Gasteiger partial charge in [0.15, 0.2) is 0 Å². The summed E-state index contributed by atoms with van der Waals surface area (Å²) in [5, 5.41) is 20.5. The molecule has 2 aromatic rings. The number of fused-ring (bicyclic) bond motifs is 2. The van der Waals surface area contributed by atoms with Crippen molar-refractivity contribution in [1.82, 2.24) is 0 Å². The molecule has 1 aliphatic carbocycles. The number of carbonyl (C=O) groups excluding carboxylic acids is 3. The van der Waals surface area contributed by atoms with Crippen LogP contribution in [0.4, 0.5) is 0 Å². The summed E-state index contributed by atoms with van der Waals surface area (Å²) >= 11 is 0. The molecular formula is C20H16O7. The highest BCUT2D eigenvalue weighted by atomic mass is 16.5. The fourth-order valence-corrected chi connectivity index (χ4v) is 3.17. The lowest BCUT2D eigenvalue weighted by Crippen LogP contribution is -2.20. The van der Waals surface area contributed by atoms with E-state index in [4.69, 9.17) is 4.74 Å². The molecule has 0 aromatic heterocycles. The van der Waals surface area contributed by atoms with Gasteiger partial charge in [-0.25, -0.2) is 4.79 Å². The third kappa shape index (κ3) is 2.93. The molecule has 0 fully saturated rings. The summed E-state index contributed by atoms with van der Waals surface area (Å²) in [6.07, 6.45) is -0.406. The number of carbonyl (C=O) groups is 3. The molecule has 0 atom stereocenters. The van der Waals surface area contributed by atoms with Crippen LogP contribution in [0, 0.1) is 0 Å². The minimum absolute atomic E-state index is 0.0458. The second kappa shape index (κ2) is 6.95. The Morgan fingerprint density at radius 1 is 0.889 bits per heavy atom. The quantitative estimate of drug-likeness (QED) is 0.538. The molecule has 0 bridgehead atoms. The van der Waals surface area contributed by atoms with Gasteiger partial charge < -0.3 is 19.7 Å². The summed E-state index contributed by atoms with van der Waals surface area (Å²) < 4.78 is 9.48. The Kier molecular flexibility index (Phi) is 4.68. The van der Waals surface area contributed by atoms with Gasteiger partial charge >= 0.3 is 11.9 Å². The van der Waals surface area contributed by atoms with Crippen LogP contribution < -0.4 is 0 Å². The van der Waals surface area contributed by atoms with Crippen LogP contribution in [0.2, 0.25) is 0 Å². The first kappa shape index (κ1) is 18.2. The van der Waals surface area contributed by atoms with E-state index >= 15 is 0 Å². The fourth-order valence-electron chi connectivity index (χ4n) is 3.17. The lowest BCUT2D eigenvalue weighted by Gasteiger charge is -2.25. The maximum Gasteiger partial charge on any atom is 0.334 e. The topological polar surface area (TPSA) is 110 Å².